The Bertz CT molecular complexity index is 763. The molecule has 78 valence electrons. The third-order valence-corrected chi connectivity index (χ3v) is 3.07. The van der Waals surface area contributed by atoms with Crippen molar-refractivity contribution < 1.29 is 0 Å². The fraction of sp³-hybridized carbons (Fsp3) is 0. The Kier molecular flexibility index (Phi) is 1.79. The molecule has 3 aromatic rings. The second kappa shape index (κ2) is 3.06. The molecule has 0 fully saturated rings. The van der Waals surface area contributed by atoms with Crippen LogP contribution in [0.2, 0.25) is 5.02 Å². The summed E-state index contributed by atoms with van der Waals surface area (Å²) in [6.07, 6.45) is 1.70. The number of nitrogens with one attached hydrogen (secondary N) is 1. The zero-order valence-electron chi connectivity index (χ0n) is 8.08. The largest absolute Gasteiger partial charge is 0.361 e. The summed E-state index contributed by atoms with van der Waals surface area (Å²) in [7, 11) is 0. The Morgan fingerprint density at radius 2 is 1.81 bits per heavy atom. The van der Waals surface area contributed by atoms with Crippen molar-refractivity contribution in [3.8, 4) is 11.1 Å². The predicted molar refractivity (Wildman–Crippen MR) is 63.7 cm³/mol. The average molecular weight is 232 g/mol. The molecule has 0 aliphatic rings. The van der Waals surface area contributed by atoms with E-state index in [4.69, 9.17) is 11.6 Å². The van der Waals surface area contributed by atoms with Crippen LogP contribution in [0.25, 0.3) is 22.0 Å². The highest BCUT2D eigenvalue weighted by Crippen LogP contribution is 2.30. The Morgan fingerprint density at radius 3 is 2.56 bits per heavy atom. The Balaban J connectivity index is 2.37. The summed E-state index contributed by atoms with van der Waals surface area (Å²) in [5.74, 6) is 0. The van der Waals surface area contributed by atoms with E-state index in [1.54, 1.807) is 6.20 Å². The maximum atomic E-state index is 11.4. The van der Waals surface area contributed by atoms with Crippen molar-refractivity contribution in [2.75, 3.05) is 0 Å². The monoisotopic (exact) mass is 231 g/mol. The molecule has 4 heteroatoms. The van der Waals surface area contributed by atoms with Gasteiger partial charge in [0.1, 0.15) is 5.02 Å². The third kappa shape index (κ3) is 1.03. The van der Waals surface area contributed by atoms with Gasteiger partial charge in [-0.05, 0) is 6.07 Å². The minimum atomic E-state index is -0.595. The van der Waals surface area contributed by atoms with E-state index in [1.807, 2.05) is 24.3 Å². The molecule has 2 aromatic carbocycles. The minimum absolute atomic E-state index is 0.0368. The van der Waals surface area contributed by atoms with Crippen molar-refractivity contribution in [2.45, 2.75) is 0 Å². The van der Waals surface area contributed by atoms with Crippen molar-refractivity contribution in [1.29, 1.82) is 0 Å². The molecule has 0 atom stereocenters. The van der Waals surface area contributed by atoms with Gasteiger partial charge in [-0.2, -0.15) is 0 Å². The van der Waals surface area contributed by atoms with E-state index in [9.17, 15) is 9.59 Å². The second-order valence-electron chi connectivity index (χ2n) is 3.60. The van der Waals surface area contributed by atoms with Crippen LogP contribution in [0.5, 0.6) is 0 Å². The molecule has 0 saturated carbocycles. The summed E-state index contributed by atoms with van der Waals surface area (Å²) >= 11 is 5.75. The molecule has 1 N–H and O–H groups in total. The molecule has 0 saturated heterocycles. The van der Waals surface area contributed by atoms with E-state index >= 15 is 0 Å². The lowest BCUT2D eigenvalue weighted by molar-refractivity contribution is 1.40. The predicted octanol–water partition coefficient (Wildman–Crippen LogP) is 2.08. The normalized spacial score (nSPS) is 11.3. The smallest absolute Gasteiger partial charge is 0.245 e. The van der Waals surface area contributed by atoms with Crippen LogP contribution in [0.1, 0.15) is 0 Å². The molecule has 1 heterocycles. The number of hydrogen-bond donors (Lipinski definition) is 1. The molecular formula is C12H6ClNO2. The average Bonchev–Trinajstić information content (AvgIpc) is 2.73. The summed E-state index contributed by atoms with van der Waals surface area (Å²) in [4.78, 5) is 25.5. The quantitative estimate of drug-likeness (QED) is 0.652. The first kappa shape index (κ1) is 9.36. The van der Waals surface area contributed by atoms with Crippen LogP contribution >= 0.6 is 11.6 Å². The molecule has 0 spiro atoms. The molecular weight excluding hydrogens is 226 g/mol. The number of para-hydroxylation sites is 1. The Morgan fingerprint density at radius 1 is 1.06 bits per heavy atom. The fourth-order valence-corrected chi connectivity index (χ4v) is 2.16. The minimum Gasteiger partial charge on any atom is -0.361 e. The number of hydrogen-bond acceptors (Lipinski definition) is 2. The van der Waals surface area contributed by atoms with Gasteiger partial charge in [-0.3, -0.25) is 9.59 Å². The van der Waals surface area contributed by atoms with E-state index in [2.05, 4.69) is 4.98 Å². The summed E-state index contributed by atoms with van der Waals surface area (Å²) < 4.78 is 0. The standard InChI is InChI=1S/C12H6ClNO2/c13-10-9(11(15)12(10)16)7-5-14-8-4-2-1-3-6(7)8/h1-5,14H. The maximum Gasteiger partial charge on any atom is 0.245 e. The van der Waals surface area contributed by atoms with Gasteiger partial charge in [0.05, 0.1) is 5.56 Å². The number of fused-ring (bicyclic) bond motifs is 1. The van der Waals surface area contributed by atoms with Gasteiger partial charge < -0.3 is 4.98 Å². The van der Waals surface area contributed by atoms with Crippen LogP contribution in [0.15, 0.2) is 40.1 Å². The number of H-pyrrole nitrogens is 1. The van der Waals surface area contributed by atoms with Crippen LogP contribution in [0, 0.1) is 0 Å². The lowest BCUT2D eigenvalue weighted by Crippen LogP contribution is -2.33. The lowest BCUT2D eigenvalue weighted by atomic mass is 10.0. The van der Waals surface area contributed by atoms with E-state index in [0.29, 0.717) is 11.1 Å². The SMILES string of the molecule is O=c1c(Cl)c(-c2c[nH]c3ccccc23)c1=O. The molecule has 0 aliphatic heterocycles. The fourth-order valence-electron chi connectivity index (χ4n) is 1.88. The maximum absolute atomic E-state index is 11.4. The van der Waals surface area contributed by atoms with Gasteiger partial charge in [0.2, 0.25) is 10.9 Å². The number of rotatable bonds is 1. The van der Waals surface area contributed by atoms with Gasteiger partial charge in [-0.1, -0.05) is 29.8 Å². The first-order valence-corrected chi connectivity index (χ1v) is 5.13. The summed E-state index contributed by atoms with van der Waals surface area (Å²) in [5, 5.41) is 0.936. The highest BCUT2D eigenvalue weighted by molar-refractivity contribution is 6.34. The molecule has 3 rings (SSSR count). The number of aromatic nitrogens is 1. The van der Waals surface area contributed by atoms with Gasteiger partial charge in [0, 0.05) is 22.7 Å². The van der Waals surface area contributed by atoms with Crippen LogP contribution < -0.4 is 10.9 Å². The lowest BCUT2D eigenvalue weighted by Gasteiger charge is -2.03. The van der Waals surface area contributed by atoms with Crippen molar-refractivity contribution >= 4 is 22.5 Å². The van der Waals surface area contributed by atoms with Crippen LogP contribution in [0.3, 0.4) is 0 Å². The summed E-state index contributed by atoms with van der Waals surface area (Å²) in [5.41, 5.74) is 0.840. The van der Waals surface area contributed by atoms with Crippen molar-refractivity contribution in [1.82, 2.24) is 4.98 Å². The topological polar surface area (TPSA) is 49.9 Å². The van der Waals surface area contributed by atoms with Crippen molar-refractivity contribution in [2.24, 2.45) is 0 Å². The van der Waals surface area contributed by atoms with E-state index in [1.165, 1.54) is 0 Å². The number of halogens is 1. The van der Waals surface area contributed by atoms with Crippen LogP contribution in [0.4, 0.5) is 0 Å². The zero-order valence-corrected chi connectivity index (χ0v) is 8.84. The Hall–Kier alpha value is -1.87. The van der Waals surface area contributed by atoms with E-state index in [0.717, 1.165) is 10.9 Å². The van der Waals surface area contributed by atoms with Gasteiger partial charge in [0.15, 0.2) is 0 Å². The molecule has 0 amide bonds. The molecule has 0 aliphatic carbocycles. The molecule has 16 heavy (non-hydrogen) atoms. The van der Waals surface area contributed by atoms with E-state index in [-0.39, 0.29) is 5.02 Å². The van der Waals surface area contributed by atoms with Gasteiger partial charge in [-0.15, -0.1) is 0 Å². The molecule has 0 bridgehead atoms. The third-order valence-electron chi connectivity index (χ3n) is 2.71. The summed E-state index contributed by atoms with van der Waals surface area (Å²) in [6.45, 7) is 0. The van der Waals surface area contributed by atoms with Gasteiger partial charge in [0.25, 0.3) is 0 Å². The highest BCUT2D eigenvalue weighted by Gasteiger charge is 2.22. The Labute approximate surface area is 95.0 Å². The highest BCUT2D eigenvalue weighted by atomic mass is 35.5. The first-order valence-electron chi connectivity index (χ1n) is 4.75. The summed E-state index contributed by atoms with van der Waals surface area (Å²) in [6, 6.07) is 7.55. The van der Waals surface area contributed by atoms with Crippen molar-refractivity contribution in [3.63, 3.8) is 0 Å². The molecule has 0 radical (unpaired) electrons. The number of benzene rings is 1. The van der Waals surface area contributed by atoms with Gasteiger partial charge in [-0.25, -0.2) is 0 Å². The zero-order chi connectivity index (χ0) is 11.3. The second-order valence-corrected chi connectivity index (χ2v) is 3.97. The molecule has 0 unspecified atom stereocenters. The number of aromatic amines is 1. The van der Waals surface area contributed by atoms with E-state index < -0.39 is 10.9 Å². The van der Waals surface area contributed by atoms with Crippen LogP contribution in [-0.4, -0.2) is 4.98 Å². The van der Waals surface area contributed by atoms with Gasteiger partial charge >= 0.3 is 0 Å². The molecule has 3 nitrogen and oxygen atoms in total. The first-order chi connectivity index (χ1) is 7.70. The van der Waals surface area contributed by atoms with Crippen molar-refractivity contribution in [3.05, 3.63) is 55.9 Å². The van der Waals surface area contributed by atoms with Crippen LogP contribution in [-0.2, 0) is 0 Å². The molecule has 1 aromatic heterocycles.